The Morgan fingerprint density at radius 1 is 1.10 bits per heavy atom. The van der Waals surface area contributed by atoms with Gasteiger partial charge >= 0.3 is 5.97 Å². The quantitative estimate of drug-likeness (QED) is 0.733. The molecule has 0 aromatic rings. The molecule has 0 fully saturated rings. The van der Waals surface area contributed by atoms with Crippen molar-refractivity contribution in [1.82, 2.24) is 4.90 Å². The lowest BCUT2D eigenvalue weighted by Gasteiger charge is -2.22. The molecule has 0 saturated carbocycles. The summed E-state index contributed by atoms with van der Waals surface area (Å²) in [7, 11) is 0. The van der Waals surface area contributed by atoms with Gasteiger partial charge in [-0.2, -0.15) is 0 Å². The molecule has 0 heterocycles. The summed E-state index contributed by atoms with van der Waals surface area (Å²) in [5, 5.41) is 8.64. The van der Waals surface area contributed by atoms with Gasteiger partial charge in [0, 0.05) is 31.6 Å². The summed E-state index contributed by atoms with van der Waals surface area (Å²) in [5.41, 5.74) is 6.08. The first-order valence-corrected chi connectivity index (χ1v) is 6.58. The van der Waals surface area contributed by atoms with Crippen LogP contribution < -0.4 is 5.73 Å². The van der Waals surface area contributed by atoms with Crippen molar-refractivity contribution in [1.29, 1.82) is 0 Å². The van der Waals surface area contributed by atoms with Crippen molar-refractivity contribution in [3.8, 4) is 0 Å². The smallest absolute Gasteiger partial charge is 0.303 e. The maximum atomic E-state index is 12.4. The molecule has 108 valence electrons. The Labute approximate surface area is 118 Å². The normalized spacial score (nSPS) is 16.8. The Balaban J connectivity index is 2.69. The van der Waals surface area contributed by atoms with Crippen molar-refractivity contribution in [2.24, 2.45) is 5.73 Å². The van der Waals surface area contributed by atoms with Gasteiger partial charge in [0.1, 0.15) is 0 Å². The van der Waals surface area contributed by atoms with Crippen LogP contribution in [0.4, 0.5) is 0 Å². The van der Waals surface area contributed by atoms with E-state index in [0.717, 1.165) is 0 Å². The van der Waals surface area contributed by atoms with Crippen molar-refractivity contribution < 1.29 is 14.7 Å². The molecule has 0 saturated heterocycles. The summed E-state index contributed by atoms with van der Waals surface area (Å²) >= 11 is 0. The number of allylic oxidation sites excluding steroid dienone is 6. The molecule has 5 heteroatoms. The molecule has 0 spiro atoms. The fourth-order valence-electron chi connectivity index (χ4n) is 1.78. The van der Waals surface area contributed by atoms with Gasteiger partial charge in [-0.15, -0.1) is 0 Å². The highest BCUT2D eigenvalue weighted by molar-refractivity contribution is 5.96. The zero-order valence-corrected chi connectivity index (χ0v) is 11.4. The average Bonchev–Trinajstić information content (AvgIpc) is 2.36. The molecule has 0 radical (unpaired) electrons. The van der Waals surface area contributed by atoms with Gasteiger partial charge in [-0.1, -0.05) is 30.4 Å². The van der Waals surface area contributed by atoms with E-state index >= 15 is 0 Å². The summed E-state index contributed by atoms with van der Waals surface area (Å²) in [4.78, 5) is 24.5. The first-order valence-electron chi connectivity index (χ1n) is 6.58. The number of carboxylic acid groups (broad SMARTS) is 1. The SMILES string of the molecule is NCCN(CCCC(=O)O)C(=O)C1=C/C=C\C=C/C=C1. The van der Waals surface area contributed by atoms with E-state index in [-0.39, 0.29) is 12.3 Å². The van der Waals surface area contributed by atoms with Crippen LogP contribution in [0.2, 0.25) is 0 Å². The molecule has 1 aliphatic rings. The second kappa shape index (κ2) is 8.87. The predicted molar refractivity (Wildman–Crippen MR) is 78.0 cm³/mol. The van der Waals surface area contributed by atoms with Crippen LogP contribution >= 0.6 is 0 Å². The number of aliphatic carboxylic acids is 1. The van der Waals surface area contributed by atoms with Gasteiger partial charge in [-0.25, -0.2) is 0 Å². The van der Waals surface area contributed by atoms with E-state index in [1.807, 2.05) is 18.2 Å². The highest BCUT2D eigenvalue weighted by atomic mass is 16.4. The molecular formula is C15H20N2O3. The number of carbonyl (C=O) groups is 2. The molecule has 1 rings (SSSR count). The van der Waals surface area contributed by atoms with E-state index in [1.165, 1.54) is 0 Å². The second-order valence-corrected chi connectivity index (χ2v) is 4.33. The summed E-state index contributed by atoms with van der Waals surface area (Å²) in [6.45, 7) is 1.17. The summed E-state index contributed by atoms with van der Waals surface area (Å²) in [6.07, 6.45) is 13.1. The van der Waals surface area contributed by atoms with Gasteiger partial charge in [0.2, 0.25) is 0 Å². The predicted octanol–water partition coefficient (Wildman–Crippen LogP) is 1.25. The van der Waals surface area contributed by atoms with Gasteiger partial charge < -0.3 is 15.7 Å². The lowest BCUT2D eigenvalue weighted by molar-refractivity contribution is -0.137. The number of hydrogen-bond acceptors (Lipinski definition) is 3. The largest absolute Gasteiger partial charge is 0.481 e. The van der Waals surface area contributed by atoms with Gasteiger partial charge in [-0.3, -0.25) is 9.59 Å². The third-order valence-electron chi connectivity index (χ3n) is 2.75. The first kappa shape index (κ1) is 15.9. The van der Waals surface area contributed by atoms with Crippen molar-refractivity contribution in [3.63, 3.8) is 0 Å². The summed E-state index contributed by atoms with van der Waals surface area (Å²) < 4.78 is 0. The zero-order chi connectivity index (χ0) is 14.8. The Morgan fingerprint density at radius 2 is 1.80 bits per heavy atom. The monoisotopic (exact) mass is 276 g/mol. The van der Waals surface area contributed by atoms with Crippen LogP contribution in [0.5, 0.6) is 0 Å². The molecule has 20 heavy (non-hydrogen) atoms. The Morgan fingerprint density at radius 3 is 2.50 bits per heavy atom. The van der Waals surface area contributed by atoms with Crippen LogP contribution in [0.25, 0.3) is 0 Å². The van der Waals surface area contributed by atoms with Crippen LogP contribution in [-0.2, 0) is 9.59 Å². The van der Waals surface area contributed by atoms with Crippen LogP contribution in [0.3, 0.4) is 0 Å². The number of carboxylic acids is 1. The van der Waals surface area contributed by atoms with E-state index in [0.29, 0.717) is 31.6 Å². The van der Waals surface area contributed by atoms with E-state index in [1.54, 1.807) is 29.2 Å². The number of rotatable bonds is 7. The molecule has 0 atom stereocenters. The molecular weight excluding hydrogens is 256 g/mol. The molecule has 0 bridgehead atoms. The van der Waals surface area contributed by atoms with Gasteiger partial charge in [0.05, 0.1) is 0 Å². The number of amides is 1. The minimum absolute atomic E-state index is 0.0475. The Hall–Kier alpha value is -2.14. The van der Waals surface area contributed by atoms with E-state index in [2.05, 4.69) is 0 Å². The van der Waals surface area contributed by atoms with E-state index in [4.69, 9.17) is 10.8 Å². The summed E-state index contributed by atoms with van der Waals surface area (Å²) in [5.74, 6) is -0.986. The third-order valence-corrected chi connectivity index (χ3v) is 2.75. The van der Waals surface area contributed by atoms with Gasteiger partial charge in [-0.05, 0) is 18.6 Å². The molecule has 5 nitrogen and oxygen atoms in total. The zero-order valence-electron chi connectivity index (χ0n) is 11.4. The highest BCUT2D eigenvalue weighted by Crippen LogP contribution is 2.08. The molecule has 0 unspecified atom stereocenters. The van der Waals surface area contributed by atoms with Crippen molar-refractivity contribution in [2.45, 2.75) is 12.8 Å². The average molecular weight is 276 g/mol. The number of nitrogens with zero attached hydrogens (tertiary/aromatic N) is 1. The maximum Gasteiger partial charge on any atom is 0.303 e. The minimum atomic E-state index is -0.858. The first-order chi connectivity index (χ1) is 9.65. The van der Waals surface area contributed by atoms with Gasteiger partial charge in [0.25, 0.3) is 5.91 Å². The maximum absolute atomic E-state index is 12.4. The minimum Gasteiger partial charge on any atom is -0.481 e. The third kappa shape index (κ3) is 5.67. The molecule has 1 aliphatic carbocycles. The molecule has 0 aromatic carbocycles. The Kier molecular flexibility index (Phi) is 7.06. The molecule has 0 aliphatic heterocycles. The molecule has 0 aromatic heterocycles. The van der Waals surface area contributed by atoms with Crippen LogP contribution in [-0.4, -0.2) is 41.5 Å². The van der Waals surface area contributed by atoms with Crippen molar-refractivity contribution in [3.05, 3.63) is 48.1 Å². The highest BCUT2D eigenvalue weighted by Gasteiger charge is 2.15. The topological polar surface area (TPSA) is 83.6 Å². The lowest BCUT2D eigenvalue weighted by atomic mass is 10.1. The molecule has 3 N–H and O–H groups in total. The number of carbonyl (C=O) groups excluding carboxylic acids is 1. The van der Waals surface area contributed by atoms with Crippen LogP contribution in [0.1, 0.15) is 12.8 Å². The van der Waals surface area contributed by atoms with Crippen LogP contribution in [0, 0.1) is 0 Å². The summed E-state index contributed by atoms with van der Waals surface area (Å²) in [6, 6.07) is 0. The van der Waals surface area contributed by atoms with E-state index < -0.39 is 5.97 Å². The van der Waals surface area contributed by atoms with Crippen LogP contribution in [0.15, 0.2) is 48.1 Å². The number of hydrogen-bond donors (Lipinski definition) is 2. The van der Waals surface area contributed by atoms with Gasteiger partial charge in [0.15, 0.2) is 0 Å². The second-order valence-electron chi connectivity index (χ2n) is 4.33. The standard InChI is InChI=1S/C15H20N2O3/c16-10-12-17(11-6-9-14(18)19)15(20)13-7-4-2-1-3-5-8-13/h1-5,7-8H,6,9-12,16H2,(H,18,19)/b2-1-,3-1?,4-2?,5-3-,7-4?,8-5?,13-7?,13-8?. The van der Waals surface area contributed by atoms with E-state index in [9.17, 15) is 9.59 Å². The lowest BCUT2D eigenvalue weighted by Crippen LogP contribution is -2.37. The van der Waals surface area contributed by atoms with Crippen molar-refractivity contribution >= 4 is 11.9 Å². The Bertz CT molecular complexity index is 462. The fourth-order valence-corrected chi connectivity index (χ4v) is 1.78. The number of nitrogens with two attached hydrogens (primary N) is 1. The molecule has 1 amide bonds. The fraction of sp³-hybridized carbons (Fsp3) is 0.333. The van der Waals surface area contributed by atoms with Crippen molar-refractivity contribution in [2.75, 3.05) is 19.6 Å².